The third-order valence-electron chi connectivity index (χ3n) is 7.29. The van der Waals surface area contributed by atoms with Crippen LogP contribution in [0.4, 0.5) is 13.2 Å². The molecule has 1 saturated heterocycles. The molecule has 4 aromatic rings. The smallest absolute Gasteiger partial charge is 0.416 e. The van der Waals surface area contributed by atoms with Crippen molar-refractivity contribution in [1.29, 1.82) is 0 Å². The molecule has 2 aliphatic rings. The summed E-state index contributed by atoms with van der Waals surface area (Å²) in [5.41, 5.74) is 2.26. The van der Waals surface area contributed by atoms with E-state index in [2.05, 4.69) is 9.97 Å². The number of fused-ring (bicyclic) bond motifs is 2. The standard InChI is InChI=1S/C28H24F3N3O3/c1-16-4-7-19(17-5-9-23-24(13-17)37-15-36-23)20(12-16)25(35)34-11-3-10-27(34,2)26-32-21-8-6-18(28(29,30)31)14-22(21)33-26/h4-9,12-14H,3,10-11,15H2,1-2H3,(H,32,33)/t27-/m0/s1. The third-order valence-corrected chi connectivity index (χ3v) is 7.29. The van der Waals surface area contributed by atoms with Gasteiger partial charge in [0.2, 0.25) is 6.79 Å². The summed E-state index contributed by atoms with van der Waals surface area (Å²) in [7, 11) is 0. The molecular formula is C28H24F3N3O3. The molecule has 0 saturated carbocycles. The Balaban J connectivity index is 1.39. The summed E-state index contributed by atoms with van der Waals surface area (Å²) in [5, 5.41) is 0. The molecule has 37 heavy (non-hydrogen) atoms. The van der Waals surface area contributed by atoms with E-state index in [4.69, 9.17) is 9.47 Å². The van der Waals surface area contributed by atoms with Gasteiger partial charge in [-0.2, -0.15) is 13.2 Å². The van der Waals surface area contributed by atoms with Crippen LogP contribution in [0.15, 0.2) is 54.6 Å². The molecule has 3 heterocycles. The molecule has 6 rings (SSSR count). The summed E-state index contributed by atoms with van der Waals surface area (Å²) >= 11 is 0. The van der Waals surface area contributed by atoms with E-state index in [-0.39, 0.29) is 12.7 Å². The van der Waals surface area contributed by atoms with Crippen molar-refractivity contribution in [2.45, 2.75) is 38.4 Å². The summed E-state index contributed by atoms with van der Waals surface area (Å²) in [5.74, 6) is 1.61. The van der Waals surface area contributed by atoms with E-state index in [0.29, 0.717) is 46.9 Å². The first-order chi connectivity index (χ1) is 17.6. The van der Waals surface area contributed by atoms with E-state index >= 15 is 0 Å². The zero-order chi connectivity index (χ0) is 25.9. The number of aromatic nitrogens is 2. The number of carbonyl (C=O) groups is 1. The maximum absolute atomic E-state index is 14.1. The number of likely N-dealkylation sites (tertiary alicyclic amines) is 1. The Bertz CT molecular complexity index is 1540. The summed E-state index contributed by atoms with van der Waals surface area (Å²) < 4.78 is 50.7. The zero-order valence-electron chi connectivity index (χ0n) is 20.3. The van der Waals surface area contributed by atoms with E-state index in [1.54, 1.807) is 4.90 Å². The van der Waals surface area contributed by atoms with Crippen molar-refractivity contribution in [3.8, 4) is 22.6 Å². The maximum atomic E-state index is 14.1. The summed E-state index contributed by atoms with van der Waals surface area (Å²) in [6.07, 6.45) is -3.07. The molecule has 0 unspecified atom stereocenters. The first kappa shape index (κ1) is 23.4. The zero-order valence-corrected chi connectivity index (χ0v) is 20.3. The van der Waals surface area contributed by atoms with Gasteiger partial charge >= 0.3 is 6.18 Å². The third kappa shape index (κ3) is 3.89. The Morgan fingerprint density at radius 1 is 1.05 bits per heavy atom. The Morgan fingerprint density at radius 3 is 2.68 bits per heavy atom. The van der Waals surface area contributed by atoms with Gasteiger partial charge in [-0.05, 0) is 74.2 Å². The van der Waals surface area contributed by atoms with Gasteiger partial charge in [0.05, 0.1) is 22.1 Å². The molecule has 0 spiro atoms. The number of ether oxygens (including phenoxy) is 2. The van der Waals surface area contributed by atoms with Crippen LogP contribution in [0.1, 0.15) is 47.1 Å². The Morgan fingerprint density at radius 2 is 1.86 bits per heavy atom. The van der Waals surface area contributed by atoms with Crippen molar-refractivity contribution in [3.63, 3.8) is 0 Å². The minimum absolute atomic E-state index is 0.159. The fraction of sp³-hybridized carbons (Fsp3) is 0.286. The van der Waals surface area contributed by atoms with Crippen molar-refractivity contribution in [2.24, 2.45) is 0 Å². The summed E-state index contributed by atoms with van der Waals surface area (Å²) in [6.45, 7) is 4.51. The number of H-pyrrole nitrogens is 1. The molecular weight excluding hydrogens is 483 g/mol. The molecule has 0 bridgehead atoms. The normalized spacial score (nSPS) is 19.1. The average molecular weight is 508 g/mol. The van der Waals surface area contributed by atoms with Crippen molar-refractivity contribution in [1.82, 2.24) is 14.9 Å². The van der Waals surface area contributed by atoms with E-state index in [1.807, 2.05) is 50.2 Å². The minimum Gasteiger partial charge on any atom is -0.454 e. The van der Waals surface area contributed by atoms with Crippen LogP contribution in [0.5, 0.6) is 11.5 Å². The van der Waals surface area contributed by atoms with Gasteiger partial charge in [-0.15, -0.1) is 0 Å². The molecule has 0 aliphatic carbocycles. The lowest BCUT2D eigenvalue weighted by Crippen LogP contribution is -2.43. The Labute approximate surface area is 211 Å². The predicted molar refractivity (Wildman–Crippen MR) is 131 cm³/mol. The molecule has 9 heteroatoms. The number of hydrogen-bond donors (Lipinski definition) is 1. The number of alkyl halides is 3. The van der Waals surface area contributed by atoms with Crippen LogP contribution in [-0.2, 0) is 11.7 Å². The highest BCUT2D eigenvalue weighted by molar-refractivity contribution is 6.02. The summed E-state index contributed by atoms with van der Waals surface area (Å²) in [4.78, 5) is 23.6. The number of carbonyl (C=O) groups excluding carboxylic acids is 1. The largest absolute Gasteiger partial charge is 0.454 e. The number of nitrogens with zero attached hydrogens (tertiary/aromatic N) is 2. The van der Waals surface area contributed by atoms with E-state index in [9.17, 15) is 18.0 Å². The highest BCUT2D eigenvalue weighted by Gasteiger charge is 2.44. The molecule has 2 aliphatic heterocycles. The van der Waals surface area contributed by atoms with Crippen LogP contribution in [-0.4, -0.2) is 34.1 Å². The van der Waals surface area contributed by atoms with Gasteiger partial charge in [0, 0.05) is 12.1 Å². The number of hydrogen-bond acceptors (Lipinski definition) is 4. The molecule has 1 N–H and O–H groups in total. The lowest BCUT2D eigenvalue weighted by Gasteiger charge is -2.34. The number of benzene rings is 3. The minimum atomic E-state index is -4.45. The topological polar surface area (TPSA) is 67.5 Å². The Kier molecular flexibility index (Phi) is 5.22. The lowest BCUT2D eigenvalue weighted by molar-refractivity contribution is -0.137. The molecule has 1 aromatic heterocycles. The first-order valence-electron chi connectivity index (χ1n) is 12.0. The quantitative estimate of drug-likeness (QED) is 0.347. The highest BCUT2D eigenvalue weighted by atomic mass is 19.4. The van der Waals surface area contributed by atoms with Crippen molar-refractivity contribution in [3.05, 3.63) is 77.1 Å². The van der Waals surface area contributed by atoms with Gasteiger partial charge in [0.15, 0.2) is 11.5 Å². The van der Waals surface area contributed by atoms with Gasteiger partial charge in [-0.3, -0.25) is 4.79 Å². The molecule has 190 valence electrons. The monoisotopic (exact) mass is 507 g/mol. The fourth-order valence-corrected chi connectivity index (χ4v) is 5.27. The van der Waals surface area contributed by atoms with E-state index in [0.717, 1.165) is 35.2 Å². The van der Waals surface area contributed by atoms with Crippen LogP contribution >= 0.6 is 0 Å². The number of aryl methyl sites for hydroxylation is 1. The van der Waals surface area contributed by atoms with Crippen molar-refractivity contribution >= 4 is 16.9 Å². The number of imidazole rings is 1. The van der Waals surface area contributed by atoms with Gasteiger partial charge < -0.3 is 19.4 Å². The van der Waals surface area contributed by atoms with Crippen molar-refractivity contribution in [2.75, 3.05) is 13.3 Å². The number of nitrogens with one attached hydrogen (secondary N) is 1. The molecule has 6 nitrogen and oxygen atoms in total. The van der Waals surface area contributed by atoms with E-state index in [1.165, 1.54) is 6.07 Å². The maximum Gasteiger partial charge on any atom is 0.416 e. The van der Waals surface area contributed by atoms with Gasteiger partial charge in [-0.1, -0.05) is 23.8 Å². The molecule has 1 amide bonds. The second-order valence-electron chi connectivity index (χ2n) is 9.77. The summed E-state index contributed by atoms with van der Waals surface area (Å²) in [6, 6.07) is 14.8. The van der Waals surface area contributed by atoms with Crippen molar-refractivity contribution < 1.29 is 27.4 Å². The molecule has 1 fully saturated rings. The van der Waals surface area contributed by atoms with Gasteiger partial charge in [0.25, 0.3) is 5.91 Å². The highest BCUT2D eigenvalue weighted by Crippen LogP contribution is 2.42. The number of aromatic amines is 1. The molecule has 1 atom stereocenters. The van der Waals surface area contributed by atoms with Crippen LogP contribution in [0.3, 0.4) is 0 Å². The van der Waals surface area contributed by atoms with Crippen LogP contribution in [0.25, 0.3) is 22.2 Å². The number of rotatable bonds is 3. The average Bonchev–Trinajstić information content (AvgIpc) is 3.60. The van der Waals surface area contributed by atoms with Crippen LogP contribution < -0.4 is 9.47 Å². The van der Waals surface area contributed by atoms with Gasteiger partial charge in [0.1, 0.15) is 5.82 Å². The second-order valence-corrected chi connectivity index (χ2v) is 9.77. The SMILES string of the molecule is Cc1ccc(-c2ccc3c(c2)OCO3)c(C(=O)N2CCC[C@@]2(C)c2nc3ccc(C(F)(F)F)cc3[nH]2)c1. The number of amides is 1. The van der Waals surface area contributed by atoms with Crippen LogP contribution in [0.2, 0.25) is 0 Å². The Hall–Kier alpha value is -4.01. The number of halogens is 3. The first-order valence-corrected chi connectivity index (χ1v) is 12.0. The molecule has 0 radical (unpaired) electrons. The van der Waals surface area contributed by atoms with Crippen LogP contribution in [0, 0.1) is 6.92 Å². The predicted octanol–water partition coefficient (Wildman–Crippen LogP) is 6.44. The fourth-order valence-electron chi connectivity index (χ4n) is 5.27. The van der Waals surface area contributed by atoms with Gasteiger partial charge in [-0.25, -0.2) is 4.98 Å². The van der Waals surface area contributed by atoms with E-state index < -0.39 is 17.3 Å². The second kappa shape index (κ2) is 8.26. The molecule has 3 aromatic carbocycles. The lowest BCUT2D eigenvalue weighted by atomic mass is 9.93.